The van der Waals surface area contributed by atoms with Crippen LogP contribution in [0, 0.1) is 0 Å². The van der Waals surface area contributed by atoms with E-state index < -0.39 is 5.97 Å². The van der Waals surface area contributed by atoms with E-state index in [1.54, 1.807) is 13.1 Å². The summed E-state index contributed by atoms with van der Waals surface area (Å²) in [6.07, 6.45) is 4.21. The number of amides is 1. The molecule has 1 aromatic carbocycles. The number of benzene rings is 1. The number of likely N-dealkylation sites (tertiary alicyclic amines) is 1. The summed E-state index contributed by atoms with van der Waals surface area (Å²) in [4.78, 5) is 30.9. The molecule has 1 saturated heterocycles. The van der Waals surface area contributed by atoms with Crippen LogP contribution in [0.4, 0.5) is 5.69 Å². The Bertz CT molecular complexity index is 832. The van der Waals surface area contributed by atoms with E-state index in [4.69, 9.17) is 4.74 Å². The predicted octanol–water partition coefficient (Wildman–Crippen LogP) is 2.59. The fourth-order valence-corrected chi connectivity index (χ4v) is 3.43. The number of esters is 1. The highest BCUT2D eigenvalue weighted by Crippen LogP contribution is 2.33. The lowest BCUT2D eigenvalue weighted by Crippen LogP contribution is -2.30. The summed E-state index contributed by atoms with van der Waals surface area (Å²) in [5.74, 6) is -0.206. The molecule has 0 spiro atoms. The number of carbonyl (C=O) groups excluding carboxylic acids is 2. The molecule has 1 amide bonds. The van der Waals surface area contributed by atoms with Gasteiger partial charge in [-0.15, -0.1) is 0 Å². The van der Waals surface area contributed by atoms with Gasteiger partial charge in [-0.25, -0.2) is 4.79 Å². The molecule has 1 aliphatic heterocycles. The molecule has 4 rings (SSSR count). The van der Waals surface area contributed by atoms with Gasteiger partial charge in [0.1, 0.15) is 5.56 Å². The third-order valence-corrected chi connectivity index (χ3v) is 4.77. The fourth-order valence-electron chi connectivity index (χ4n) is 3.43. The number of carbonyl (C=O) groups is 2. The summed E-state index contributed by atoms with van der Waals surface area (Å²) in [7, 11) is 0. The Morgan fingerprint density at radius 2 is 2.16 bits per heavy atom. The van der Waals surface area contributed by atoms with Crippen LogP contribution in [0.1, 0.15) is 36.5 Å². The van der Waals surface area contributed by atoms with Crippen LogP contribution in [-0.2, 0) is 9.53 Å². The number of hydrogen-bond donors (Lipinski definition) is 1. The zero-order chi connectivity index (χ0) is 17.4. The molecule has 2 aliphatic rings. The van der Waals surface area contributed by atoms with Crippen LogP contribution in [-0.4, -0.2) is 47.0 Å². The lowest BCUT2D eigenvalue weighted by molar-refractivity contribution is -0.128. The number of anilines is 1. The minimum atomic E-state index is -0.397. The maximum absolute atomic E-state index is 12.4. The number of rotatable bonds is 5. The molecule has 0 radical (unpaired) electrons. The zero-order valence-electron chi connectivity index (χ0n) is 14.2. The molecule has 1 aromatic heterocycles. The van der Waals surface area contributed by atoms with Crippen molar-refractivity contribution in [1.82, 2.24) is 9.88 Å². The van der Waals surface area contributed by atoms with Crippen molar-refractivity contribution >= 4 is 28.5 Å². The second-order valence-corrected chi connectivity index (χ2v) is 6.61. The van der Waals surface area contributed by atoms with Gasteiger partial charge in [-0.05, 0) is 25.8 Å². The Morgan fingerprint density at radius 3 is 2.92 bits per heavy atom. The molecule has 2 heterocycles. The lowest BCUT2D eigenvalue weighted by atomic mass is 10.1. The molecule has 1 atom stereocenters. The highest BCUT2D eigenvalue weighted by atomic mass is 16.5. The first kappa shape index (κ1) is 15.9. The molecular formula is C19H21N3O3. The number of pyridine rings is 1. The second kappa shape index (κ2) is 6.35. The third-order valence-electron chi connectivity index (χ3n) is 4.77. The van der Waals surface area contributed by atoms with Gasteiger partial charge in [-0.1, -0.05) is 18.2 Å². The Labute approximate surface area is 146 Å². The number of para-hydroxylation sites is 1. The quantitative estimate of drug-likeness (QED) is 0.848. The smallest absolute Gasteiger partial charge is 0.341 e. The van der Waals surface area contributed by atoms with E-state index in [-0.39, 0.29) is 11.9 Å². The summed E-state index contributed by atoms with van der Waals surface area (Å²) < 4.78 is 5.18. The van der Waals surface area contributed by atoms with Gasteiger partial charge in [-0.2, -0.15) is 0 Å². The third kappa shape index (κ3) is 3.04. The van der Waals surface area contributed by atoms with Crippen molar-refractivity contribution in [3.8, 4) is 0 Å². The Kier molecular flexibility index (Phi) is 4.03. The van der Waals surface area contributed by atoms with Crippen molar-refractivity contribution in [2.75, 3.05) is 18.5 Å². The molecule has 1 N–H and O–H groups in total. The molecule has 6 nitrogen and oxygen atoms in total. The van der Waals surface area contributed by atoms with Gasteiger partial charge in [0, 0.05) is 30.6 Å². The van der Waals surface area contributed by atoms with Gasteiger partial charge < -0.3 is 15.0 Å². The molecule has 2 aromatic rings. The number of nitrogens with zero attached hydrogens (tertiary/aromatic N) is 2. The van der Waals surface area contributed by atoms with Crippen molar-refractivity contribution < 1.29 is 14.3 Å². The van der Waals surface area contributed by atoms with Gasteiger partial charge in [0.2, 0.25) is 5.91 Å². The molecule has 1 saturated carbocycles. The Hall–Kier alpha value is -2.63. The second-order valence-electron chi connectivity index (χ2n) is 6.61. The molecule has 0 bridgehead atoms. The van der Waals surface area contributed by atoms with Crippen LogP contribution in [0.25, 0.3) is 10.9 Å². The Morgan fingerprint density at radius 1 is 1.36 bits per heavy atom. The fraction of sp³-hybridized carbons (Fsp3) is 0.421. The molecule has 130 valence electrons. The van der Waals surface area contributed by atoms with Gasteiger partial charge in [0.05, 0.1) is 23.9 Å². The van der Waals surface area contributed by atoms with Gasteiger partial charge in [0.15, 0.2) is 0 Å². The van der Waals surface area contributed by atoms with E-state index in [1.165, 1.54) is 0 Å². The molecule has 25 heavy (non-hydrogen) atoms. The van der Waals surface area contributed by atoms with E-state index in [2.05, 4.69) is 10.3 Å². The van der Waals surface area contributed by atoms with Crippen LogP contribution in [0.3, 0.4) is 0 Å². The summed E-state index contributed by atoms with van der Waals surface area (Å²) >= 11 is 0. The van der Waals surface area contributed by atoms with Crippen LogP contribution in [0.2, 0.25) is 0 Å². The van der Waals surface area contributed by atoms with Crippen molar-refractivity contribution in [3.05, 3.63) is 36.0 Å². The summed E-state index contributed by atoms with van der Waals surface area (Å²) in [5.41, 5.74) is 1.93. The van der Waals surface area contributed by atoms with Crippen LogP contribution < -0.4 is 5.32 Å². The van der Waals surface area contributed by atoms with E-state index >= 15 is 0 Å². The Balaban J connectivity index is 1.67. The topological polar surface area (TPSA) is 71.5 Å². The lowest BCUT2D eigenvalue weighted by Gasteiger charge is -2.19. The maximum atomic E-state index is 12.4. The normalized spacial score (nSPS) is 20.1. The summed E-state index contributed by atoms with van der Waals surface area (Å²) in [5, 5.41) is 4.30. The highest BCUT2D eigenvalue weighted by Gasteiger charge is 2.39. The predicted molar refractivity (Wildman–Crippen MR) is 94.5 cm³/mol. The monoisotopic (exact) mass is 339 g/mol. The van der Waals surface area contributed by atoms with E-state index in [9.17, 15) is 9.59 Å². The van der Waals surface area contributed by atoms with Gasteiger partial charge in [0.25, 0.3) is 0 Å². The standard InChI is InChI=1S/C19H21N3O3/c1-2-25-19(24)15-10-20-16-6-4-3-5-14(16)18(15)21-12-9-17(23)22(11-12)13-7-8-13/h3-6,10,12-13H,2,7-9,11H2,1H3,(H,20,21). The largest absolute Gasteiger partial charge is 0.462 e. The van der Waals surface area contributed by atoms with E-state index in [0.29, 0.717) is 36.9 Å². The van der Waals surface area contributed by atoms with Gasteiger partial charge >= 0.3 is 5.97 Å². The van der Waals surface area contributed by atoms with Crippen molar-refractivity contribution in [3.63, 3.8) is 0 Å². The SMILES string of the molecule is CCOC(=O)c1cnc2ccccc2c1NC1CC(=O)N(C2CC2)C1. The van der Waals surface area contributed by atoms with Crippen LogP contribution in [0.15, 0.2) is 30.5 Å². The van der Waals surface area contributed by atoms with Crippen LogP contribution in [0.5, 0.6) is 0 Å². The number of hydrogen-bond acceptors (Lipinski definition) is 5. The highest BCUT2D eigenvalue weighted by molar-refractivity contribution is 6.05. The zero-order valence-corrected chi connectivity index (χ0v) is 14.2. The maximum Gasteiger partial charge on any atom is 0.341 e. The average Bonchev–Trinajstić information content (AvgIpc) is 3.39. The van der Waals surface area contributed by atoms with Crippen molar-refractivity contribution in [2.24, 2.45) is 0 Å². The van der Waals surface area contributed by atoms with E-state index in [1.807, 2.05) is 29.2 Å². The first-order chi connectivity index (χ1) is 12.2. The molecule has 1 aliphatic carbocycles. The number of aromatic nitrogens is 1. The first-order valence-corrected chi connectivity index (χ1v) is 8.78. The number of ether oxygens (including phenoxy) is 1. The summed E-state index contributed by atoms with van der Waals surface area (Å²) in [6, 6.07) is 8.08. The minimum absolute atomic E-state index is 0.00733. The van der Waals surface area contributed by atoms with Gasteiger partial charge in [-0.3, -0.25) is 9.78 Å². The van der Waals surface area contributed by atoms with Crippen LogP contribution >= 0.6 is 0 Å². The molecule has 2 fully saturated rings. The average molecular weight is 339 g/mol. The molecular weight excluding hydrogens is 318 g/mol. The molecule has 6 heteroatoms. The molecule has 1 unspecified atom stereocenters. The van der Waals surface area contributed by atoms with Crippen molar-refractivity contribution in [2.45, 2.75) is 38.3 Å². The number of fused-ring (bicyclic) bond motifs is 1. The minimum Gasteiger partial charge on any atom is -0.462 e. The summed E-state index contributed by atoms with van der Waals surface area (Å²) in [6.45, 7) is 2.77. The first-order valence-electron chi connectivity index (χ1n) is 8.78. The van der Waals surface area contributed by atoms with Crippen molar-refractivity contribution in [1.29, 1.82) is 0 Å². The number of nitrogens with one attached hydrogen (secondary N) is 1. The van der Waals surface area contributed by atoms with E-state index in [0.717, 1.165) is 23.7 Å².